The van der Waals surface area contributed by atoms with Gasteiger partial charge in [0.2, 0.25) is 0 Å². The number of ether oxygens (including phenoxy) is 3. The molecule has 0 fully saturated rings. The van der Waals surface area contributed by atoms with Crippen LogP contribution in [0.2, 0.25) is 0 Å². The lowest BCUT2D eigenvalue weighted by molar-refractivity contribution is -0.167. The van der Waals surface area contributed by atoms with Gasteiger partial charge in [-0.05, 0) is 19.3 Å². The second-order valence-electron chi connectivity index (χ2n) is 15.3. The maximum atomic E-state index is 12.7. The first-order valence-electron chi connectivity index (χ1n) is 22.5. The molecule has 51 heavy (non-hydrogen) atoms. The summed E-state index contributed by atoms with van der Waals surface area (Å²) in [5.41, 5.74) is 0. The first-order chi connectivity index (χ1) is 25.0. The first-order valence-corrected chi connectivity index (χ1v) is 22.5. The van der Waals surface area contributed by atoms with E-state index in [2.05, 4.69) is 20.8 Å². The monoisotopic (exact) mass is 723 g/mol. The first kappa shape index (κ1) is 49.4. The second-order valence-corrected chi connectivity index (χ2v) is 15.3. The molecule has 0 aliphatic rings. The molecule has 0 aliphatic heterocycles. The molecule has 0 radical (unpaired) electrons. The van der Waals surface area contributed by atoms with Crippen molar-refractivity contribution < 1.29 is 28.6 Å². The van der Waals surface area contributed by atoms with Crippen molar-refractivity contribution in [1.82, 2.24) is 0 Å². The van der Waals surface area contributed by atoms with E-state index < -0.39 is 6.10 Å². The van der Waals surface area contributed by atoms with Crippen LogP contribution < -0.4 is 0 Å². The van der Waals surface area contributed by atoms with Crippen molar-refractivity contribution in [3.8, 4) is 0 Å². The van der Waals surface area contributed by atoms with E-state index in [-0.39, 0.29) is 31.1 Å². The van der Waals surface area contributed by atoms with Gasteiger partial charge < -0.3 is 14.2 Å². The zero-order valence-electron chi connectivity index (χ0n) is 34.4. The Hall–Kier alpha value is -1.59. The van der Waals surface area contributed by atoms with Crippen molar-refractivity contribution in [3.05, 3.63) is 0 Å². The van der Waals surface area contributed by atoms with Gasteiger partial charge in [0.25, 0.3) is 0 Å². The van der Waals surface area contributed by atoms with Gasteiger partial charge in [-0.15, -0.1) is 0 Å². The number of rotatable bonds is 41. The van der Waals surface area contributed by atoms with Gasteiger partial charge >= 0.3 is 17.9 Å². The van der Waals surface area contributed by atoms with Crippen molar-refractivity contribution in [3.63, 3.8) is 0 Å². The fourth-order valence-corrected chi connectivity index (χ4v) is 6.68. The van der Waals surface area contributed by atoms with Crippen LogP contribution in [0.3, 0.4) is 0 Å². The third kappa shape index (κ3) is 39.5. The van der Waals surface area contributed by atoms with E-state index in [1.807, 2.05) is 0 Å². The third-order valence-corrected chi connectivity index (χ3v) is 10.1. The Balaban J connectivity index is 4.18. The van der Waals surface area contributed by atoms with E-state index in [4.69, 9.17) is 14.2 Å². The van der Waals surface area contributed by atoms with Crippen LogP contribution in [0.4, 0.5) is 0 Å². The SMILES string of the molecule is CCCCCCCCCCCCCCCCCC(=O)O[C@@H](COC(=O)CCCCCCC)COC(=O)CCCCCCCCCCCCCCC. The van der Waals surface area contributed by atoms with Crippen LogP contribution in [0.25, 0.3) is 0 Å². The van der Waals surface area contributed by atoms with Crippen molar-refractivity contribution in [2.75, 3.05) is 13.2 Å². The highest BCUT2D eigenvalue weighted by Crippen LogP contribution is 2.16. The van der Waals surface area contributed by atoms with Gasteiger partial charge in [-0.25, -0.2) is 0 Å². The molecule has 0 heterocycles. The van der Waals surface area contributed by atoms with Crippen LogP contribution in [0.5, 0.6) is 0 Å². The topological polar surface area (TPSA) is 78.9 Å². The summed E-state index contributed by atoms with van der Waals surface area (Å²) in [6.07, 6.45) is 41.1. The summed E-state index contributed by atoms with van der Waals surface area (Å²) in [6, 6.07) is 0. The minimum Gasteiger partial charge on any atom is -0.462 e. The maximum Gasteiger partial charge on any atom is 0.306 e. The average molecular weight is 723 g/mol. The molecule has 0 aromatic rings. The van der Waals surface area contributed by atoms with Gasteiger partial charge in [-0.2, -0.15) is 0 Å². The van der Waals surface area contributed by atoms with Crippen molar-refractivity contribution in [1.29, 1.82) is 0 Å². The second kappa shape index (κ2) is 41.2. The van der Waals surface area contributed by atoms with E-state index in [0.29, 0.717) is 19.3 Å². The Morgan fingerprint density at radius 1 is 0.314 bits per heavy atom. The lowest BCUT2D eigenvalue weighted by atomic mass is 10.0. The molecular formula is C45H86O6. The number of esters is 3. The number of carbonyl (C=O) groups is 3. The zero-order chi connectivity index (χ0) is 37.3. The normalized spacial score (nSPS) is 11.8. The minimum atomic E-state index is -0.756. The Bertz CT molecular complexity index is 753. The summed E-state index contributed by atoms with van der Waals surface area (Å²) in [7, 11) is 0. The van der Waals surface area contributed by atoms with Gasteiger partial charge in [0.05, 0.1) is 0 Å². The minimum absolute atomic E-state index is 0.0638. The molecule has 302 valence electrons. The largest absolute Gasteiger partial charge is 0.462 e. The van der Waals surface area contributed by atoms with Crippen LogP contribution in [-0.2, 0) is 28.6 Å². The van der Waals surface area contributed by atoms with Gasteiger partial charge in [-0.3, -0.25) is 14.4 Å². The molecule has 0 spiro atoms. The smallest absolute Gasteiger partial charge is 0.306 e. The molecule has 0 unspecified atom stereocenters. The third-order valence-electron chi connectivity index (χ3n) is 10.1. The quantitative estimate of drug-likeness (QED) is 0.0355. The summed E-state index contributed by atoms with van der Waals surface area (Å²) in [5, 5.41) is 0. The number of carbonyl (C=O) groups excluding carboxylic acids is 3. The summed E-state index contributed by atoms with van der Waals surface area (Å²) in [5.74, 6) is -0.866. The molecule has 0 saturated heterocycles. The zero-order valence-corrected chi connectivity index (χ0v) is 34.4. The molecule has 0 bridgehead atoms. The number of hydrogen-bond acceptors (Lipinski definition) is 6. The van der Waals surface area contributed by atoms with Crippen molar-refractivity contribution in [2.45, 2.75) is 258 Å². The van der Waals surface area contributed by atoms with Crippen molar-refractivity contribution >= 4 is 17.9 Å². The maximum absolute atomic E-state index is 12.7. The summed E-state index contributed by atoms with van der Waals surface area (Å²) in [6.45, 7) is 6.57. The predicted octanol–water partition coefficient (Wildman–Crippen LogP) is 14.1. The highest BCUT2D eigenvalue weighted by molar-refractivity contribution is 5.71. The molecule has 6 heteroatoms. The van der Waals surface area contributed by atoms with Crippen LogP contribution in [0, 0.1) is 0 Å². The van der Waals surface area contributed by atoms with E-state index in [1.54, 1.807) is 0 Å². The number of hydrogen-bond donors (Lipinski definition) is 0. The summed E-state index contributed by atoms with van der Waals surface area (Å²) in [4.78, 5) is 37.4. The van der Waals surface area contributed by atoms with E-state index in [1.165, 1.54) is 148 Å². The highest BCUT2D eigenvalue weighted by atomic mass is 16.6. The van der Waals surface area contributed by atoms with Gasteiger partial charge in [-0.1, -0.05) is 213 Å². The summed E-state index contributed by atoms with van der Waals surface area (Å²) < 4.78 is 16.6. The fourth-order valence-electron chi connectivity index (χ4n) is 6.68. The predicted molar refractivity (Wildman–Crippen MR) is 215 cm³/mol. The van der Waals surface area contributed by atoms with Crippen LogP contribution in [-0.4, -0.2) is 37.2 Å². The molecule has 0 aromatic heterocycles. The van der Waals surface area contributed by atoms with Crippen LogP contribution in [0.1, 0.15) is 252 Å². The average Bonchev–Trinajstić information content (AvgIpc) is 3.12. The molecule has 0 aromatic carbocycles. The Morgan fingerprint density at radius 3 is 0.784 bits per heavy atom. The fraction of sp³-hybridized carbons (Fsp3) is 0.933. The van der Waals surface area contributed by atoms with E-state index in [0.717, 1.165) is 64.2 Å². The lowest BCUT2D eigenvalue weighted by Gasteiger charge is -2.18. The molecule has 0 aliphatic carbocycles. The molecule has 0 amide bonds. The van der Waals surface area contributed by atoms with Gasteiger partial charge in [0, 0.05) is 19.3 Å². The Morgan fingerprint density at radius 2 is 0.529 bits per heavy atom. The van der Waals surface area contributed by atoms with Gasteiger partial charge in [0.15, 0.2) is 6.10 Å². The van der Waals surface area contributed by atoms with Crippen molar-refractivity contribution in [2.24, 2.45) is 0 Å². The molecular weight excluding hydrogens is 636 g/mol. The summed E-state index contributed by atoms with van der Waals surface area (Å²) >= 11 is 0. The molecule has 6 nitrogen and oxygen atoms in total. The molecule has 0 N–H and O–H groups in total. The van der Waals surface area contributed by atoms with Crippen LogP contribution >= 0.6 is 0 Å². The van der Waals surface area contributed by atoms with E-state index >= 15 is 0 Å². The molecule has 1 atom stereocenters. The van der Waals surface area contributed by atoms with Crippen LogP contribution in [0.15, 0.2) is 0 Å². The Labute approximate surface area is 317 Å². The number of unbranched alkanes of at least 4 members (excludes halogenated alkanes) is 30. The molecule has 0 rings (SSSR count). The standard InChI is InChI=1S/C45H86O6/c1-4-7-10-13-15-17-19-21-22-24-26-28-30-33-36-39-45(48)51-42(40-49-43(46)37-34-31-12-9-6-3)41-50-44(47)38-35-32-29-27-25-23-20-18-16-14-11-8-5-2/h42H,4-41H2,1-3H3/t42-/m0/s1. The van der Waals surface area contributed by atoms with Gasteiger partial charge in [0.1, 0.15) is 13.2 Å². The molecule has 0 saturated carbocycles. The Kier molecular flexibility index (Phi) is 39.9. The lowest BCUT2D eigenvalue weighted by Crippen LogP contribution is -2.30. The van der Waals surface area contributed by atoms with E-state index in [9.17, 15) is 14.4 Å². The highest BCUT2D eigenvalue weighted by Gasteiger charge is 2.19.